The van der Waals surface area contributed by atoms with Crippen molar-refractivity contribution in [3.8, 4) is 0 Å². The van der Waals surface area contributed by atoms with Gasteiger partial charge in [-0.25, -0.2) is 0 Å². The molecule has 2 saturated carbocycles. The molecule has 0 saturated heterocycles. The number of aromatic nitrogens is 1. The van der Waals surface area contributed by atoms with E-state index in [1.165, 1.54) is 32.1 Å². The zero-order valence-electron chi connectivity index (χ0n) is 10.6. The van der Waals surface area contributed by atoms with Crippen LogP contribution in [-0.2, 0) is 11.2 Å². The van der Waals surface area contributed by atoms with E-state index in [9.17, 15) is 4.79 Å². The van der Waals surface area contributed by atoms with E-state index in [2.05, 4.69) is 10.3 Å². The quantitative estimate of drug-likeness (QED) is 0.886. The molecule has 0 aromatic carbocycles. The summed E-state index contributed by atoms with van der Waals surface area (Å²) in [6, 6.07) is 4.26. The largest absolute Gasteiger partial charge is 0.353 e. The van der Waals surface area contributed by atoms with Gasteiger partial charge in [0.05, 0.1) is 6.42 Å². The van der Waals surface area contributed by atoms with Crippen LogP contribution in [0.15, 0.2) is 24.5 Å². The summed E-state index contributed by atoms with van der Waals surface area (Å²) in [5.41, 5.74) is 1.04. The Hall–Kier alpha value is -1.38. The minimum atomic E-state index is 0.166. The summed E-state index contributed by atoms with van der Waals surface area (Å²) >= 11 is 0. The highest BCUT2D eigenvalue weighted by molar-refractivity contribution is 5.78. The average molecular weight is 244 g/mol. The van der Waals surface area contributed by atoms with E-state index in [-0.39, 0.29) is 5.91 Å². The van der Waals surface area contributed by atoms with E-state index in [0.717, 1.165) is 17.4 Å². The number of carbonyl (C=O) groups excluding carboxylic acids is 1. The second kappa shape index (κ2) is 5.09. The highest BCUT2D eigenvalue weighted by Gasteiger charge is 2.39. The van der Waals surface area contributed by atoms with Crippen molar-refractivity contribution in [2.45, 2.75) is 44.6 Å². The van der Waals surface area contributed by atoms with Crippen LogP contribution in [0.4, 0.5) is 0 Å². The molecule has 0 unspecified atom stereocenters. The van der Waals surface area contributed by atoms with Gasteiger partial charge in [-0.1, -0.05) is 12.8 Å². The van der Waals surface area contributed by atoms with Gasteiger partial charge in [0.1, 0.15) is 0 Å². The van der Waals surface area contributed by atoms with Crippen molar-refractivity contribution in [1.29, 1.82) is 0 Å². The van der Waals surface area contributed by atoms with Gasteiger partial charge in [-0.05, 0) is 48.8 Å². The Morgan fingerprint density at radius 2 is 2.06 bits per heavy atom. The summed E-state index contributed by atoms with van der Waals surface area (Å²) in [4.78, 5) is 16.0. The monoisotopic (exact) mass is 244 g/mol. The lowest BCUT2D eigenvalue weighted by Crippen LogP contribution is -2.38. The Morgan fingerprint density at radius 3 is 2.89 bits per heavy atom. The molecule has 3 atom stereocenters. The van der Waals surface area contributed by atoms with E-state index in [0.29, 0.717) is 12.5 Å². The molecule has 1 aromatic heterocycles. The molecule has 3 rings (SSSR count). The minimum Gasteiger partial charge on any atom is -0.353 e. The first-order valence-electron chi connectivity index (χ1n) is 7.01. The molecular formula is C15H20N2O. The number of nitrogens with one attached hydrogen (secondary N) is 1. The normalized spacial score (nSPS) is 30.1. The molecule has 1 aromatic rings. The first-order chi connectivity index (χ1) is 8.83. The second-order valence-corrected chi connectivity index (χ2v) is 5.64. The van der Waals surface area contributed by atoms with Crippen LogP contribution in [-0.4, -0.2) is 16.9 Å². The number of carbonyl (C=O) groups is 1. The third-order valence-electron chi connectivity index (χ3n) is 4.54. The molecule has 2 aliphatic rings. The van der Waals surface area contributed by atoms with E-state index >= 15 is 0 Å². The third-order valence-corrected chi connectivity index (χ3v) is 4.54. The van der Waals surface area contributed by atoms with Gasteiger partial charge >= 0.3 is 0 Å². The van der Waals surface area contributed by atoms with E-state index < -0.39 is 0 Å². The molecule has 1 amide bonds. The molecular weight excluding hydrogens is 224 g/mol. The van der Waals surface area contributed by atoms with E-state index in [1.54, 1.807) is 12.4 Å². The summed E-state index contributed by atoms with van der Waals surface area (Å²) in [6.07, 6.45) is 10.5. The van der Waals surface area contributed by atoms with Gasteiger partial charge in [-0.15, -0.1) is 0 Å². The van der Waals surface area contributed by atoms with Crippen molar-refractivity contribution in [3.63, 3.8) is 0 Å². The van der Waals surface area contributed by atoms with Crippen molar-refractivity contribution >= 4 is 5.91 Å². The summed E-state index contributed by atoms with van der Waals surface area (Å²) in [5.74, 6) is 1.81. The van der Waals surface area contributed by atoms with E-state index in [4.69, 9.17) is 0 Å². The number of pyridine rings is 1. The molecule has 0 radical (unpaired) electrons. The maximum absolute atomic E-state index is 12.0. The van der Waals surface area contributed by atoms with Crippen LogP contribution in [0.5, 0.6) is 0 Å². The van der Waals surface area contributed by atoms with Gasteiger partial charge < -0.3 is 5.32 Å². The van der Waals surface area contributed by atoms with Crippen LogP contribution in [0.25, 0.3) is 0 Å². The summed E-state index contributed by atoms with van der Waals surface area (Å²) in [7, 11) is 0. The molecule has 2 fully saturated rings. The number of fused-ring (bicyclic) bond motifs is 1. The molecule has 3 heteroatoms. The second-order valence-electron chi connectivity index (χ2n) is 5.64. The maximum atomic E-state index is 12.0. The molecule has 18 heavy (non-hydrogen) atoms. The third kappa shape index (κ3) is 2.40. The standard InChI is InChI=1S/C15H20N2O/c18-15(10-11-6-8-16-9-7-11)17-14-5-4-12-2-1-3-13(12)14/h6-9,12-14H,1-5,10H2,(H,17,18)/t12-,13-,14-/m1/s1. The Kier molecular flexibility index (Phi) is 3.31. The van der Waals surface area contributed by atoms with Crippen LogP contribution in [0, 0.1) is 11.8 Å². The molecule has 1 heterocycles. The van der Waals surface area contributed by atoms with Crippen LogP contribution in [0.3, 0.4) is 0 Å². The number of amides is 1. The van der Waals surface area contributed by atoms with Crippen LogP contribution in [0.1, 0.15) is 37.7 Å². The smallest absolute Gasteiger partial charge is 0.224 e. The van der Waals surface area contributed by atoms with Crippen molar-refractivity contribution < 1.29 is 4.79 Å². The maximum Gasteiger partial charge on any atom is 0.224 e. The fraction of sp³-hybridized carbons (Fsp3) is 0.600. The fourth-order valence-corrected chi connectivity index (χ4v) is 3.68. The van der Waals surface area contributed by atoms with Gasteiger partial charge in [0, 0.05) is 18.4 Å². The highest BCUT2D eigenvalue weighted by atomic mass is 16.1. The number of hydrogen-bond acceptors (Lipinski definition) is 2. The number of hydrogen-bond donors (Lipinski definition) is 1. The summed E-state index contributed by atoms with van der Waals surface area (Å²) in [5, 5.41) is 3.24. The lowest BCUT2D eigenvalue weighted by atomic mass is 9.97. The topological polar surface area (TPSA) is 42.0 Å². The Bertz CT molecular complexity index is 418. The average Bonchev–Trinajstić information content (AvgIpc) is 2.95. The Morgan fingerprint density at radius 1 is 1.22 bits per heavy atom. The van der Waals surface area contributed by atoms with Gasteiger partial charge in [0.25, 0.3) is 0 Å². The molecule has 0 spiro atoms. The molecule has 3 nitrogen and oxygen atoms in total. The summed E-state index contributed by atoms with van der Waals surface area (Å²) < 4.78 is 0. The highest BCUT2D eigenvalue weighted by Crippen LogP contribution is 2.43. The van der Waals surface area contributed by atoms with Gasteiger partial charge in [0.2, 0.25) is 5.91 Å². The van der Waals surface area contributed by atoms with Crippen LogP contribution in [0.2, 0.25) is 0 Å². The van der Waals surface area contributed by atoms with Crippen LogP contribution < -0.4 is 5.32 Å². The predicted molar refractivity (Wildman–Crippen MR) is 69.9 cm³/mol. The van der Waals surface area contributed by atoms with Crippen molar-refractivity contribution in [2.24, 2.45) is 11.8 Å². The SMILES string of the molecule is O=C(Cc1ccncc1)N[C@@H]1CC[C@H]2CCC[C@H]21. The van der Waals surface area contributed by atoms with E-state index in [1.807, 2.05) is 12.1 Å². The first kappa shape index (κ1) is 11.7. The van der Waals surface area contributed by atoms with Gasteiger partial charge in [-0.2, -0.15) is 0 Å². The zero-order chi connectivity index (χ0) is 12.4. The Balaban J connectivity index is 1.55. The molecule has 0 aliphatic heterocycles. The number of nitrogens with zero attached hydrogens (tertiary/aromatic N) is 1. The Labute approximate surface area is 108 Å². The van der Waals surface area contributed by atoms with Crippen molar-refractivity contribution in [1.82, 2.24) is 10.3 Å². The first-order valence-corrected chi connectivity index (χ1v) is 7.01. The number of rotatable bonds is 3. The van der Waals surface area contributed by atoms with Crippen LogP contribution >= 0.6 is 0 Å². The predicted octanol–water partition coefficient (Wildman–Crippen LogP) is 2.32. The minimum absolute atomic E-state index is 0.166. The van der Waals surface area contributed by atoms with Crippen molar-refractivity contribution in [2.75, 3.05) is 0 Å². The van der Waals surface area contributed by atoms with Gasteiger partial charge in [-0.3, -0.25) is 9.78 Å². The van der Waals surface area contributed by atoms with Gasteiger partial charge in [0.15, 0.2) is 0 Å². The molecule has 96 valence electrons. The molecule has 0 bridgehead atoms. The van der Waals surface area contributed by atoms with Crippen molar-refractivity contribution in [3.05, 3.63) is 30.1 Å². The fourth-order valence-electron chi connectivity index (χ4n) is 3.68. The molecule has 2 aliphatic carbocycles. The summed E-state index contributed by atoms with van der Waals surface area (Å²) in [6.45, 7) is 0. The molecule has 1 N–H and O–H groups in total. The lowest BCUT2D eigenvalue weighted by Gasteiger charge is -2.20. The lowest BCUT2D eigenvalue weighted by molar-refractivity contribution is -0.121. The zero-order valence-corrected chi connectivity index (χ0v) is 10.6.